The van der Waals surface area contributed by atoms with E-state index in [2.05, 4.69) is 20.0 Å². The largest absolute Gasteiger partial charge is 0.465 e. The standard InChI is InChI=1S/C12H14F4N4O3/c1-6-8(20(11(21)22)5-12(15,16)23-6)3-19-9-4-17-7(2-18-9)10(13)14/h2,4,6,8,10H,3,5H2,1H3,(H,18,19)(H,21,22)/t6-,8?/m0/s1. The molecule has 0 bridgehead atoms. The van der Waals surface area contributed by atoms with E-state index in [4.69, 9.17) is 5.11 Å². The van der Waals surface area contributed by atoms with Crippen LogP contribution >= 0.6 is 0 Å². The number of alkyl halides is 4. The topological polar surface area (TPSA) is 87.6 Å². The van der Waals surface area contributed by atoms with Crippen LogP contribution in [0.1, 0.15) is 19.0 Å². The van der Waals surface area contributed by atoms with Crippen LogP contribution in [0.2, 0.25) is 0 Å². The van der Waals surface area contributed by atoms with Crippen molar-refractivity contribution >= 4 is 11.9 Å². The first-order valence-corrected chi connectivity index (χ1v) is 6.59. The van der Waals surface area contributed by atoms with Gasteiger partial charge in [0.1, 0.15) is 18.1 Å². The minimum atomic E-state index is -3.56. The summed E-state index contributed by atoms with van der Waals surface area (Å²) in [4.78, 5) is 18.9. The molecule has 2 atom stereocenters. The summed E-state index contributed by atoms with van der Waals surface area (Å²) in [5.41, 5.74) is -0.503. The van der Waals surface area contributed by atoms with Crippen molar-refractivity contribution in [3.8, 4) is 0 Å². The monoisotopic (exact) mass is 338 g/mol. The van der Waals surface area contributed by atoms with Crippen LogP contribution in [0, 0.1) is 0 Å². The van der Waals surface area contributed by atoms with Crippen LogP contribution in [0.3, 0.4) is 0 Å². The van der Waals surface area contributed by atoms with Crippen LogP contribution in [-0.4, -0.2) is 57.4 Å². The molecule has 23 heavy (non-hydrogen) atoms. The lowest BCUT2D eigenvalue weighted by Crippen LogP contribution is -2.60. The summed E-state index contributed by atoms with van der Waals surface area (Å²) in [5, 5.41) is 11.7. The van der Waals surface area contributed by atoms with E-state index in [1.807, 2.05) is 0 Å². The third-order valence-electron chi connectivity index (χ3n) is 3.29. The number of aromatic nitrogens is 2. The van der Waals surface area contributed by atoms with E-state index in [1.165, 1.54) is 6.92 Å². The van der Waals surface area contributed by atoms with Crippen molar-refractivity contribution in [2.45, 2.75) is 31.6 Å². The van der Waals surface area contributed by atoms with E-state index in [1.54, 1.807) is 0 Å². The summed E-state index contributed by atoms with van der Waals surface area (Å²) in [6, 6.07) is -0.899. The van der Waals surface area contributed by atoms with E-state index in [9.17, 15) is 22.4 Å². The molecule has 0 aliphatic carbocycles. The number of halogens is 4. The molecule has 1 amide bonds. The molecule has 1 aromatic heterocycles. The zero-order valence-electron chi connectivity index (χ0n) is 11.9. The Labute approximate surface area is 128 Å². The van der Waals surface area contributed by atoms with Crippen molar-refractivity contribution in [1.82, 2.24) is 14.9 Å². The number of morpholine rings is 1. The van der Waals surface area contributed by atoms with Gasteiger partial charge in [0, 0.05) is 6.54 Å². The molecule has 2 heterocycles. The fraction of sp³-hybridized carbons (Fsp3) is 0.583. The second-order valence-corrected chi connectivity index (χ2v) is 4.95. The molecule has 1 saturated heterocycles. The van der Waals surface area contributed by atoms with Gasteiger partial charge in [0.25, 0.3) is 6.43 Å². The smallest absolute Gasteiger partial charge is 0.407 e. The lowest BCUT2D eigenvalue weighted by atomic mass is 10.1. The zero-order valence-corrected chi connectivity index (χ0v) is 11.9. The van der Waals surface area contributed by atoms with Crippen molar-refractivity contribution in [2.24, 2.45) is 0 Å². The lowest BCUT2D eigenvalue weighted by molar-refractivity contribution is -0.299. The Morgan fingerprint density at radius 3 is 2.74 bits per heavy atom. The van der Waals surface area contributed by atoms with Crippen molar-refractivity contribution in [3.05, 3.63) is 18.1 Å². The van der Waals surface area contributed by atoms with E-state index in [0.29, 0.717) is 4.90 Å². The highest BCUT2D eigenvalue weighted by Gasteiger charge is 2.47. The van der Waals surface area contributed by atoms with Gasteiger partial charge in [0.15, 0.2) is 0 Å². The SMILES string of the molecule is C[C@@H]1OC(F)(F)CN(C(=O)O)C1CNc1cnc(C(F)F)cn1. The van der Waals surface area contributed by atoms with E-state index < -0.39 is 43.0 Å². The van der Waals surface area contributed by atoms with Crippen LogP contribution in [0.5, 0.6) is 0 Å². The molecule has 1 unspecified atom stereocenters. The number of anilines is 1. The Bertz CT molecular complexity index is 558. The van der Waals surface area contributed by atoms with Gasteiger partial charge in [-0.3, -0.25) is 4.90 Å². The number of hydrogen-bond acceptors (Lipinski definition) is 5. The Kier molecular flexibility index (Phi) is 4.88. The average molecular weight is 338 g/mol. The first-order valence-electron chi connectivity index (χ1n) is 6.59. The van der Waals surface area contributed by atoms with E-state index >= 15 is 0 Å². The number of carboxylic acid groups (broad SMARTS) is 1. The number of amides is 1. The molecule has 7 nitrogen and oxygen atoms in total. The Hall–Kier alpha value is -2.17. The average Bonchev–Trinajstić information content (AvgIpc) is 2.45. The highest BCUT2D eigenvalue weighted by atomic mass is 19.3. The van der Waals surface area contributed by atoms with Gasteiger partial charge < -0.3 is 15.2 Å². The molecule has 1 aliphatic rings. The molecule has 1 aromatic rings. The third-order valence-corrected chi connectivity index (χ3v) is 3.29. The van der Waals surface area contributed by atoms with Gasteiger partial charge in [-0.1, -0.05) is 0 Å². The summed E-state index contributed by atoms with van der Waals surface area (Å²) in [6.07, 6.45) is -6.98. The zero-order chi connectivity index (χ0) is 17.2. The summed E-state index contributed by atoms with van der Waals surface area (Å²) in [7, 11) is 0. The minimum Gasteiger partial charge on any atom is -0.465 e. The second-order valence-electron chi connectivity index (χ2n) is 4.95. The van der Waals surface area contributed by atoms with Gasteiger partial charge in [0.05, 0.1) is 24.5 Å². The van der Waals surface area contributed by atoms with Crippen molar-refractivity contribution in [2.75, 3.05) is 18.4 Å². The first kappa shape index (κ1) is 17.2. The quantitative estimate of drug-likeness (QED) is 0.818. The molecule has 0 spiro atoms. The number of ether oxygens (including phenoxy) is 1. The number of nitrogens with zero attached hydrogens (tertiary/aromatic N) is 3. The molecule has 0 radical (unpaired) electrons. The fourth-order valence-corrected chi connectivity index (χ4v) is 2.19. The van der Waals surface area contributed by atoms with Gasteiger partial charge in [-0.05, 0) is 6.92 Å². The molecule has 1 aliphatic heterocycles. The maximum atomic E-state index is 13.3. The highest BCUT2D eigenvalue weighted by molar-refractivity contribution is 5.66. The Morgan fingerprint density at radius 1 is 1.52 bits per heavy atom. The lowest BCUT2D eigenvalue weighted by Gasteiger charge is -2.41. The molecule has 1 fully saturated rings. The summed E-state index contributed by atoms with van der Waals surface area (Å²) < 4.78 is 55.8. The third kappa shape index (κ3) is 4.18. The van der Waals surface area contributed by atoms with Gasteiger partial charge >= 0.3 is 12.2 Å². The number of hydrogen-bond donors (Lipinski definition) is 2. The van der Waals surface area contributed by atoms with Gasteiger partial charge in [-0.15, -0.1) is 0 Å². The van der Waals surface area contributed by atoms with Crippen LogP contribution in [-0.2, 0) is 4.74 Å². The summed E-state index contributed by atoms with van der Waals surface area (Å²) in [6.45, 7) is 0.141. The summed E-state index contributed by atoms with van der Waals surface area (Å²) in [5.74, 6) is 0.115. The van der Waals surface area contributed by atoms with Gasteiger partial charge in [0.2, 0.25) is 0 Å². The van der Waals surface area contributed by atoms with Crippen molar-refractivity contribution in [3.63, 3.8) is 0 Å². The van der Waals surface area contributed by atoms with Crippen LogP contribution in [0.15, 0.2) is 12.4 Å². The minimum absolute atomic E-state index is 0.0910. The molecule has 0 aromatic carbocycles. The maximum absolute atomic E-state index is 13.3. The van der Waals surface area contributed by atoms with Crippen LogP contribution in [0.4, 0.5) is 28.2 Å². The van der Waals surface area contributed by atoms with Crippen LogP contribution < -0.4 is 5.32 Å². The fourth-order valence-electron chi connectivity index (χ4n) is 2.19. The molecule has 0 saturated carbocycles. The Balaban J connectivity index is 2.04. The summed E-state index contributed by atoms with van der Waals surface area (Å²) >= 11 is 0. The second kappa shape index (κ2) is 6.52. The van der Waals surface area contributed by atoms with E-state index in [-0.39, 0.29) is 12.4 Å². The molecular formula is C12H14F4N4O3. The van der Waals surface area contributed by atoms with Gasteiger partial charge in [-0.25, -0.2) is 23.5 Å². The number of nitrogens with one attached hydrogen (secondary N) is 1. The molecule has 2 rings (SSSR count). The van der Waals surface area contributed by atoms with Crippen molar-refractivity contribution in [1.29, 1.82) is 0 Å². The van der Waals surface area contributed by atoms with E-state index in [0.717, 1.165) is 12.4 Å². The predicted octanol–water partition coefficient (Wildman–Crippen LogP) is 2.19. The first-order chi connectivity index (χ1) is 10.7. The number of rotatable bonds is 4. The normalized spacial score (nSPS) is 23.8. The number of carbonyl (C=O) groups is 1. The molecule has 11 heteroatoms. The van der Waals surface area contributed by atoms with Crippen molar-refractivity contribution < 1.29 is 32.2 Å². The van der Waals surface area contributed by atoms with Crippen LogP contribution in [0.25, 0.3) is 0 Å². The highest BCUT2D eigenvalue weighted by Crippen LogP contribution is 2.29. The molecular weight excluding hydrogens is 324 g/mol. The molecule has 128 valence electrons. The Morgan fingerprint density at radius 2 is 2.22 bits per heavy atom. The van der Waals surface area contributed by atoms with Gasteiger partial charge in [-0.2, -0.15) is 8.78 Å². The predicted molar refractivity (Wildman–Crippen MR) is 69.5 cm³/mol. The maximum Gasteiger partial charge on any atom is 0.407 e. The molecule has 2 N–H and O–H groups in total.